The Bertz CT molecular complexity index is 1040. The van der Waals surface area contributed by atoms with Crippen LogP contribution in [0.1, 0.15) is 42.9 Å². The van der Waals surface area contributed by atoms with Gasteiger partial charge in [-0.25, -0.2) is 4.98 Å². The summed E-state index contributed by atoms with van der Waals surface area (Å²) < 4.78 is 5.60. The van der Waals surface area contributed by atoms with Gasteiger partial charge in [-0.05, 0) is 57.6 Å². The minimum absolute atomic E-state index is 0.222. The minimum Gasteiger partial charge on any atom is -0.495 e. The number of piperazine rings is 1. The van der Waals surface area contributed by atoms with Gasteiger partial charge < -0.3 is 19.5 Å². The number of aromatic amines is 1. The number of methoxy groups -OCH3 is 1. The van der Waals surface area contributed by atoms with E-state index in [1.807, 2.05) is 18.3 Å². The molecule has 0 bridgehead atoms. The quantitative estimate of drug-likeness (QED) is 0.696. The number of hydrogen-bond acceptors (Lipinski definition) is 6. The van der Waals surface area contributed by atoms with Crippen LogP contribution >= 0.6 is 0 Å². The van der Waals surface area contributed by atoms with Gasteiger partial charge in [0, 0.05) is 32.4 Å². The molecule has 1 N–H and O–H groups in total. The second-order valence-electron chi connectivity index (χ2n) is 8.80. The minimum atomic E-state index is 0.222. The first kappa shape index (κ1) is 20.3. The van der Waals surface area contributed by atoms with Crippen LogP contribution in [0.5, 0.6) is 5.75 Å². The monoisotopic (exact) mass is 420 g/mol. The molecule has 2 aromatic heterocycles. The van der Waals surface area contributed by atoms with Gasteiger partial charge in [0.05, 0.1) is 41.6 Å². The van der Waals surface area contributed by atoms with Gasteiger partial charge in [0.1, 0.15) is 11.6 Å². The molecule has 0 amide bonds. The zero-order valence-corrected chi connectivity index (χ0v) is 18.7. The zero-order chi connectivity index (χ0) is 21.4. The fourth-order valence-electron chi connectivity index (χ4n) is 5.12. The van der Waals surface area contributed by atoms with Gasteiger partial charge in [0.25, 0.3) is 0 Å². The second-order valence-corrected chi connectivity index (χ2v) is 8.80. The molecule has 164 valence electrons. The van der Waals surface area contributed by atoms with E-state index >= 15 is 0 Å². The highest BCUT2D eigenvalue weighted by molar-refractivity contribution is 5.89. The highest BCUT2D eigenvalue weighted by Gasteiger charge is 2.34. The van der Waals surface area contributed by atoms with Crippen LogP contribution in [0, 0.1) is 0 Å². The summed E-state index contributed by atoms with van der Waals surface area (Å²) in [5.41, 5.74) is 4.50. The number of nitrogens with one attached hydrogen (secondary N) is 1. The molecule has 0 spiro atoms. The van der Waals surface area contributed by atoms with Crippen molar-refractivity contribution in [3.05, 3.63) is 48.0 Å². The smallest absolute Gasteiger partial charge is 0.141 e. The number of nitrogens with zero attached hydrogens (tertiary/aromatic N) is 5. The number of likely N-dealkylation sites (tertiary alicyclic amines) is 1. The molecule has 3 aromatic rings. The molecular formula is C24H32N6O. The van der Waals surface area contributed by atoms with E-state index < -0.39 is 0 Å². The van der Waals surface area contributed by atoms with Crippen LogP contribution in [0.3, 0.4) is 0 Å². The van der Waals surface area contributed by atoms with E-state index in [2.05, 4.69) is 57.0 Å². The van der Waals surface area contributed by atoms with E-state index in [1.165, 1.54) is 5.69 Å². The maximum absolute atomic E-state index is 5.60. The predicted octanol–water partition coefficient (Wildman–Crippen LogP) is 3.62. The van der Waals surface area contributed by atoms with Crippen molar-refractivity contribution in [2.24, 2.45) is 0 Å². The van der Waals surface area contributed by atoms with E-state index in [1.54, 1.807) is 7.11 Å². The molecule has 7 nitrogen and oxygen atoms in total. The summed E-state index contributed by atoms with van der Waals surface area (Å²) >= 11 is 0. The Morgan fingerprint density at radius 3 is 2.61 bits per heavy atom. The van der Waals surface area contributed by atoms with Crippen LogP contribution in [-0.4, -0.2) is 72.1 Å². The third-order valence-corrected chi connectivity index (χ3v) is 6.95. The van der Waals surface area contributed by atoms with Crippen LogP contribution in [0.4, 0.5) is 5.69 Å². The van der Waals surface area contributed by atoms with E-state index in [9.17, 15) is 0 Å². The van der Waals surface area contributed by atoms with Crippen molar-refractivity contribution < 1.29 is 4.74 Å². The van der Waals surface area contributed by atoms with Gasteiger partial charge in [-0.2, -0.15) is 0 Å². The number of piperidine rings is 1. The number of pyridine rings is 1. The molecule has 1 aromatic carbocycles. The van der Waals surface area contributed by atoms with Gasteiger partial charge in [-0.3, -0.25) is 9.88 Å². The molecule has 2 aliphatic heterocycles. The van der Waals surface area contributed by atoms with Crippen LogP contribution in [-0.2, 0) is 0 Å². The molecule has 2 atom stereocenters. The van der Waals surface area contributed by atoms with Crippen LogP contribution in [0.25, 0.3) is 11.0 Å². The molecule has 0 unspecified atom stereocenters. The molecule has 5 rings (SSSR count). The number of para-hydroxylation sites is 1. The number of imidazole rings is 1. The van der Waals surface area contributed by atoms with Crippen molar-refractivity contribution in [3.8, 4) is 5.75 Å². The molecule has 2 saturated heterocycles. The summed E-state index contributed by atoms with van der Waals surface area (Å²) in [5.74, 6) is 1.92. The largest absolute Gasteiger partial charge is 0.495 e. The van der Waals surface area contributed by atoms with E-state index in [4.69, 9.17) is 9.72 Å². The lowest BCUT2D eigenvalue weighted by molar-refractivity contribution is 0.105. The van der Waals surface area contributed by atoms with Crippen molar-refractivity contribution in [1.29, 1.82) is 0 Å². The maximum atomic E-state index is 5.60. The second kappa shape index (κ2) is 8.48. The van der Waals surface area contributed by atoms with E-state index in [-0.39, 0.29) is 12.1 Å². The van der Waals surface area contributed by atoms with Crippen LogP contribution < -0.4 is 9.64 Å². The number of H-pyrrole nitrogens is 1. The molecule has 0 radical (unpaired) electrons. The molecule has 0 aliphatic carbocycles. The first-order valence-corrected chi connectivity index (χ1v) is 11.3. The fraction of sp³-hybridized carbons (Fsp3) is 0.500. The maximum Gasteiger partial charge on any atom is 0.141 e. The Kier molecular flexibility index (Phi) is 5.54. The average Bonchev–Trinajstić information content (AvgIpc) is 3.24. The summed E-state index contributed by atoms with van der Waals surface area (Å²) in [5, 5.41) is 0. The Morgan fingerprint density at radius 2 is 1.81 bits per heavy atom. The van der Waals surface area contributed by atoms with Crippen molar-refractivity contribution >= 4 is 16.7 Å². The molecule has 4 heterocycles. The Morgan fingerprint density at radius 1 is 1.00 bits per heavy atom. The first-order chi connectivity index (χ1) is 15.2. The summed E-state index contributed by atoms with van der Waals surface area (Å²) in [6.45, 7) is 4.29. The number of fused-ring (bicyclic) bond motifs is 1. The van der Waals surface area contributed by atoms with Gasteiger partial charge in [0.2, 0.25) is 0 Å². The summed E-state index contributed by atoms with van der Waals surface area (Å²) in [4.78, 5) is 20.7. The number of rotatable bonds is 4. The predicted molar refractivity (Wildman–Crippen MR) is 124 cm³/mol. The van der Waals surface area contributed by atoms with Crippen LogP contribution in [0.15, 0.2) is 36.5 Å². The third kappa shape index (κ3) is 3.77. The molecule has 0 saturated carbocycles. The molecule has 2 aliphatic rings. The number of aromatic nitrogens is 3. The fourth-order valence-corrected chi connectivity index (χ4v) is 5.12. The van der Waals surface area contributed by atoms with E-state index in [0.29, 0.717) is 0 Å². The number of anilines is 1. The zero-order valence-electron chi connectivity index (χ0n) is 18.7. The molecule has 31 heavy (non-hydrogen) atoms. The lowest BCUT2D eigenvalue weighted by Gasteiger charge is -2.38. The number of benzene rings is 1. The van der Waals surface area contributed by atoms with Gasteiger partial charge in [-0.15, -0.1) is 0 Å². The van der Waals surface area contributed by atoms with Crippen molar-refractivity contribution in [2.75, 3.05) is 52.3 Å². The number of likely N-dealkylation sites (N-methyl/N-ethyl adjacent to an activating group) is 1. The SMILES string of the molecule is COc1cccnc1[C@@H]1CCC[C@H](c2nc3cccc(N4CCN(C)CC4)c3[nH]2)N1C. The van der Waals surface area contributed by atoms with Gasteiger partial charge >= 0.3 is 0 Å². The topological polar surface area (TPSA) is 60.5 Å². The average molecular weight is 421 g/mol. The van der Waals surface area contributed by atoms with Gasteiger partial charge in [0.15, 0.2) is 0 Å². The van der Waals surface area contributed by atoms with Crippen molar-refractivity contribution in [3.63, 3.8) is 0 Å². The molecule has 7 heteroatoms. The lowest BCUT2D eigenvalue weighted by Crippen LogP contribution is -2.44. The third-order valence-electron chi connectivity index (χ3n) is 6.95. The van der Waals surface area contributed by atoms with E-state index in [0.717, 1.165) is 73.7 Å². The lowest BCUT2D eigenvalue weighted by atomic mass is 9.93. The van der Waals surface area contributed by atoms with Crippen LogP contribution in [0.2, 0.25) is 0 Å². The highest BCUT2D eigenvalue weighted by Crippen LogP contribution is 2.42. The van der Waals surface area contributed by atoms with Gasteiger partial charge in [-0.1, -0.05) is 6.07 Å². The summed E-state index contributed by atoms with van der Waals surface area (Å²) in [6.07, 6.45) is 5.17. The number of hydrogen-bond donors (Lipinski definition) is 1. The molecule has 2 fully saturated rings. The number of ether oxygens (including phenoxy) is 1. The Balaban J connectivity index is 1.45. The normalized spacial score (nSPS) is 23.4. The van der Waals surface area contributed by atoms with Crippen molar-refractivity contribution in [2.45, 2.75) is 31.3 Å². The first-order valence-electron chi connectivity index (χ1n) is 11.3. The standard InChI is InChI=1S/C24H32N6O/c1-28-13-15-30(16-14-28)19-9-4-7-17-22(19)27-24(26-17)20-10-5-8-18(29(20)2)23-21(31-3)11-6-12-25-23/h4,6-7,9,11-12,18,20H,5,8,10,13-16H2,1-3H3,(H,26,27)/t18-,20+/m0/s1. The Labute approximate surface area is 184 Å². The summed E-state index contributed by atoms with van der Waals surface area (Å²) in [6, 6.07) is 10.9. The Hall–Kier alpha value is -2.64. The highest BCUT2D eigenvalue weighted by atomic mass is 16.5. The molecular weight excluding hydrogens is 388 g/mol. The summed E-state index contributed by atoms with van der Waals surface area (Å²) in [7, 11) is 6.11. The van der Waals surface area contributed by atoms with Crippen molar-refractivity contribution in [1.82, 2.24) is 24.8 Å².